The Morgan fingerprint density at radius 2 is 2.22 bits per heavy atom. The minimum atomic E-state index is -0.958. The Morgan fingerprint density at radius 1 is 1.50 bits per heavy atom. The van der Waals surface area contributed by atoms with E-state index in [0.29, 0.717) is 15.7 Å². The zero-order chi connectivity index (χ0) is 13.3. The molecule has 1 unspecified atom stereocenters. The quantitative estimate of drug-likeness (QED) is 0.883. The minimum absolute atomic E-state index is 0.0190. The number of carbonyl (C=O) groups excluding carboxylic acids is 1. The standard InChI is InChI=1S/C12H12BrNO4/c13-9-2-1-7(6-15)3-10(9)14-5-8(12(17)18)4-11(14)16/h1-3,8,15H,4-6H2,(H,17,18). The molecule has 1 aromatic rings. The van der Waals surface area contributed by atoms with Crippen LogP contribution in [-0.2, 0) is 16.2 Å². The number of halogens is 1. The number of anilines is 1. The van der Waals surface area contributed by atoms with Gasteiger partial charge in [-0.2, -0.15) is 0 Å². The fraction of sp³-hybridized carbons (Fsp3) is 0.333. The SMILES string of the molecule is O=C(O)C1CC(=O)N(c2cc(CO)ccc2Br)C1. The molecule has 1 saturated heterocycles. The van der Waals surface area contributed by atoms with Crippen LogP contribution in [0.1, 0.15) is 12.0 Å². The van der Waals surface area contributed by atoms with E-state index in [1.807, 2.05) is 0 Å². The summed E-state index contributed by atoms with van der Waals surface area (Å²) in [5.74, 6) is -1.83. The van der Waals surface area contributed by atoms with Crippen molar-refractivity contribution in [2.24, 2.45) is 5.92 Å². The summed E-state index contributed by atoms with van der Waals surface area (Å²) < 4.78 is 0.707. The molecule has 18 heavy (non-hydrogen) atoms. The number of aliphatic hydroxyl groups excluding tert-OH is 1. The highest BCUT2D eigenvalue weighted by molar-refractivity contribution is 9.10. The topological polar surface area (TPSA) is 77.8 Å². The predicted molar refractivity (Wildman–Crippen MR) is 68.2 cm³/mol. The van der Waals surface area contributed by atoms with E-state index in [1.165, 1.54) is 4.90 Å². The van der Waals surface area contributed by atoms with Crippen LogP contribution in [0.15, 0.2) is 22.7 Å². The molecule has 1 fully saturated rings. The van der Waals surface area contributed by atoms with Crippen molar-refractivity contribution >= 4 is 33.5 Å². The highest BCUT2D eigenvalue weighted by Crippen LogP contribution is 2.32. The first kappa shape index (κ1) is 13.0. The Labute approximate surface area is 112 Å². The van der Waals surface area contributed by atoms with Gasteiger partial charge < -0.3 is 15.1 Å². The third kappa shape index (κ3) is 2.39. The maximum absolute atomic E-state index is 11.8. The molecule has 1 amide bonds. The van der Waals surface area contributed by atoms with Gasteiger partial charge in [0.2, 0.25) is 5.91 Å². The highest BCUT2D eigenvalue weighted by Gasteiger charge is 2.35. The van der Waals surface area contributed by atoms with Crippen molar-refractivity contribution in [2.45, 2.75) is 13.0 Å². The lowest BCUT2D eigenvalue weighted by Crippen LogP contribution is -2.26. The highest BCUT2D eigenvalue weighted by atomic mass is 79.9. The first-order chi connectivity index (χ1) is 8.52. The molecular weight excluding hydrogens is 302 g/mol. The van der Waals surface area contributed by atoms with E-state index >= 15 is 0 Å². The molecule has 96 valence electrons. The fourth-order valence-corrected chi connectivity index (χ4v) is 2.43. The van der Waals surface area contributed by atoms with Gasteiger partial charge in [-0.3, -0.25) is 9.59 Å². The van der Waals surface area contributed by atoms with E-state index in [9.17, 15) is 9.59 Å². The zero-order valence-electron chi connectivity index (χ0n) is 9.47. The molecule has 2 rings (SSSR count). The van der Waals surface area contributed by atoms with Crippen molar-refractivity contribution in [1.29, 1.82) is 0 Å². The predicted octanol–water partition coefficient (Wildman–Crippen LogP) is 1.38. The van der Waals surface area contributed by atoms with Crippen LogP contribution in [0.5, 0.6) is 0 Å². The van der Waals surface area contributed by atoms with E-state index in [1.54, 1.807) is 18.2 Å². The number of carboxylic acids is 1. The largest absolute Gasteiger partial charge is 0.481 e. The molecule has 0 aliphatic carbocycles. The average Bonchev–Trinajstić information content (AvgIpc) is 2.72. The third-order valence-corrected chi connectivity index (χ3v) is 3.63. The van der Waals surface area contributed by atoms with Crippen LogP contribution in [-0.4, -0.2) is 28.6 Å². The number of aliphatic hydroxyl groups is 1. The van der Waals surface area contributed by atoms with Gasteiger partial charge in [0.15, 0.2) is 0 Å². The molecule has 0 radical (unpaired) electrons. The maximum Gasteiger partial charge on any atom is 0.308 e. The molecule has 0 saturated carbocycles. The van der Waals surface area contributed by atoms with Gasteiger partial charge in [-0.1, -0.05) is 6.07 Å². The normalized spacial score (nSPS) is 19.3. The molecule has 5 nitrogen and oxygen atoms in total. The van der Waals surface area contributed by atoms with Crippen LogP contribution in [0, 0.1) is 5.92 Å². The summed E-state index contributed by atoms with van der Waals surface area (Å²) in [6.07, 6.45) is 0.0190. The molecule has 0 bridgehead atoms. The smallest absolute Gasteiger partial charge is 0.308 e. The lowest BCUT2D eigenvalue weighted by atomic mass is 10.1. The number of hydrogen-bond acceptors (Lipinski definition) is 3. The van der Waals surface area contributed by atoms with E-state index in [-0.39, 0.29) is 25.5 Å². The second kappa shape index (κ2) is 5.07. The van der Waals surface area contributed by atoms with Crippen molar-refractivity contribution in [1.82, 2.24) is 0 Å². The number of nitrogens with zero attached hydrogens (tertiary/aromatic N) is 1. The molecule has 0 spiro atoms. The first-order valence-electron chi connectivity index (χ1n) is 5.45. The number of carboxylic acid groups (broad SMARTS) is 1. The van der Waals surface area contributed by atoms with E-state index in [2.05, 4.69) is 15.9 Å². The summed E-state index contributed by atoms with van der Waals surface area (Å²) in [5.41, 5.74) is 1.29. The number of hydrogen-bond donors (Lipinski definition) is 2. The van der Waals surface area contributed by atoms with Crippen LogP contribution in [0.2, 0.25) is 0 Å². The number of benzene rings is 1. The van der Waals surface area contributed by atoms with Gasteiger partial charge in [0.25, 0.3) is 0 Å². The van der Waals surface area contributed by atoms with Gasteiger partial charge in [0.05, 0.1) is 18.2 Å². The molecule has 2 N–H and O–H groups in total. The van der Waals surface area contributed by atoms with Crippen LogP contribution in [0.4, 0.5) is 5.69 Å². The van der Waals surface area contributed by atoms with Crippen LogP contribution < -0.4 is 4.90 Å². The maximum atomic E-state index is 11.8. The van der Waals surface area contributed by atoms with Crippen molar-refractivity contribution < 1.29 is 19.8 Å². The van der Waals surface area contributed by atoms with Gasteiger partial charge in [-0.05, 0) is 33.6 Å². The van der Waals surface area contributed by atoms with Gasteiger partial charge >= 0.3 is 5.97 Å². The van der Waals surface area contributed by atoms with Gasteiger partial charge in [-0.25, -0.2) is 0 Å². The van der Waals surface area contributed by atoms with Gasteiger partial charge in [0.1, 0.15) is 0 Å². The lowest BCUT2D eigenvalue weighted by Gasteiger charge is -2.18. The molecule has 1 atom stereocenters. The lowest BCUT2D eigenvalue weighted by molar-refractivity contribution is -0.141. The Bertz CT molecular complexity index is 503. The van der Waals surface area contributed by atoms with E-state index in [0.717, 1.165) is 0 Å². The van der Waals surface area contributed by atoms with Crippen LogP contribution >= 0.6 is 15.9 Å². The fourth-order valence-electron chi connectivity index (χ4n) is 1.97. The monoisotopic (exact) mass is 313 g/mol. The Hall–Kier alpha value is -1.40. The molecule has 1 aliphatic rings. The molecular formula is C12H12BrNO4. The van der Waals surface area contributed by atoms with E-state index in [4.69, 9.17) is 10.2 Å². The molecule has 1 aromatic carbocycles. The summed E-state index contributed by atoms with van der Waals surface area (Å²) >= 11 is 3.33. The third-order valence-electron chi connectivity index (χ3n) is 2.96. The summed E-state index contributed by atoms with van der Waals surface area (Å²) in [4.78, 5) is 24.2. The Kier molecular flexibility index (Phi) is 3.68. The molecule has 1 heterocycles. The summed E-state index contributed by atoms with van der Waals surface area (Å²) in [7, 11) is 0. The second-order valence-corrected chi connectivity index (χ2v) is 5.04. The molecule has 6 heteroatoms. The number of amides is 1. The van der Waals surface area contributed by atoms with Crippen LogP contribution in [0.25, 0.3) is 0 Å². The number of aliphatic carboxylic acids is 1. The summed E-state index contributed by atoms with van der Waals surface area (Å²) in [6, 6.07) is 5.16. The van der Waals surface area contributed by atoms with Gasteiger partial charge in [0, 0.05) is 17.4 Å². The minimum Gasteiger partial charge on any atom is -0.481 e. The second-order valence-electron chi connectivity index (χ2n) is 4.19. The average molecular weight is 314 g/mol. The number of carbonyl (C=O) groups is 2. The summed E-state index contributed by atoms with van der Waals surface area (Å²) in [5, 5.41) is 18.0. The zero-order valence-corrected chi connectivity index (χ0v) is 11.1. The first-order valence-corrected chi connectivity index (χ1v) is 6.24. The van der Waals surface area contributed by atoms with Crippen molar-refractivity contribution in [3.63, 3.8) is 0 Å². The summed E-state index contributed by atoms with van der Waals surface area (Å²) in [6.45, 7) is 0.0479. The van der Waals surface area contributed by atoms with Gasteiger partial charge in [-0.15, -0.1) is 0 Å². The van der Waals surface area contributed by atoms with Crippen molar-refractivity contribution in [3.05, 3.63) is 28.2 Å². The van der Waals surface area contributed by atoms with E-state index < -0.39 is 11.9 Å². The van der Waals surface area contributed by atoms with Crippen LogP contribution in [0.3, 0.4) is 0 Å². The number of rotatable bonds is 3. The molecule has 0 aromatic heterocycles. The molecule has 1 aliphatic heterocycles. The van der Waals surface area contributed by atoms with Crippen molar-refractivity contribution in [2.75, 3.05) is 11.4 Å². The Balaban J connectivity index is 2.32. The van der Waals surface area contributed by atoms with Crippen molar-refractivity contribution in [3.8, 4) is 0 Å². The Morgan fingerprint density at radius 3 is 2.78 bits per heavy atom.